The standard InChI is InChI=1S/C20H16F4N4O2/c1-28-10-8-14(11-16(28)29)26-19(30)27-17(18-15(21)3-2-9-25-18)12-4-6-13(7-5-12)20(22,23)24/h2-11,17H,1H3,(H2,26,27,30)/t17-/m0/s1. The number of carbonyl (C=O) groups excluding carboxylic acids is 1. The van der Waals surface area contributed by atoms with E-state index in [4.69, 9.17) is 0 Å². The fraction of sp³-hybridized carbons (Fsp3) is 0.150. The minimum Gasteiger partial charge on any atom is -0.325 e. The minimum absolute atomic E-state index is 0.170. The van der Waals surface area contributed by atoms with Crippen molar-refractivity contribution >= 4 is 11.7 Å². The monoisotopic (exact) mass is 420 g/mol. The van der Waals surface area contributed by atoms with E-state index in [9.17, 15) is 27.2 Å². The van der Waals surface area contributed by atoms with Gasteiger partial charge in [-0.05, 0) is 35.9 Å². The first-order valence-electron chi connectivity index (χ1n) is 8.67. The van der Waals surface area contributed by atoms with Crippen molar-refractivity contribution in [2.75, 3.05) is 5.32 Å². The Bertz CT molecular complexity index is 1110. The van der Waals surface area contributed by atoms with Crippen molar-refractivity contribution in [1.82, 2.24) is 14.9 Å². The second-order valence-electron chi connectivity index (χ2n) is 6.39. The number of nitrogens with one attached hydrogen (secondary N) is 2. The van der Waals surface area contributed by atoms with Gasteiger partial charge in [-0.25, -0.2) is 9.18 Å². The molecule has 0 fully saturated rings. The highest BCUT2D eigenvalue weighted by Crippen LogP contribution is 2.31. The van der Waals surface area contributed by atoms with E-state index in [0.717, 1.165) is 30.3 Å². The van der Waals surface area contributed by atoms with E-state index >= 15 is 0 Å². The van der Waals surface area contributed by atoms with Gasteiger partial charge in [0.05, 0.1) is 5.56 Å². The molecule has 1 atom stereocenters. The third-order valence-corrected chi connectivity index (χ3v) is 4.27. The molecule has 6 nitrogen and oxygen atoms in total. The van der Waals surface area contributed by atoms with Crippen molar-refractivity contribution in [3.8, 4) is 0 Å². The summed E-state index contributed by atoms with van der Waals surface area (Å²) in [6.45, 7) is 0. The highest BCUT2D eigenvalue weighted by molar-refractivity contribution is 5.89. The Labute approximate surface area is 168 Å². The number of anilines is 1. The molecule has 3 aromatic rings. The summed E-state index contributed by atoms with van der Waals surface area (Å²) in [5, 5.41) is 4.93. The van der Waals surface area contributed by atoms with Crippen molar-refractivity contribution in [3.63, 3.8) is 0 Å². The first-order chi connectivity index (χ1) is 14.1. The second-order valence-corrected chi connectivity index (χ2v) is 6.39. The molecule has 2 amide bonds. The molecule has 0 unspecified atom stereocenters. The fourth-order valence-electron chi connectivity index (χ4n) is 2.71. The van der Waals surface area contributed by atoms with Crippen LogP contribution < -0.4 is 16.2 Å². The van der Waals surface area contributed by atoms with E-state index in [1.807, 2.05) is 0 Å². The molecule has 0 bridgehead atoms. The molecule has 0 radical (unpaired) electrons. The van der Waals surface area contributed by atoms with Crippen molar-refractivity contribution in [2.45, 2.75) is 12.2 Å². The van der Waals surface area contributed by atoms with Gasteiger partial charge in [-0.15, -0.1) is 0 Å². The number of hydrogen-bond donors (Lipinski definition) is 2. The average molecular weight is 420 g/mol. The van der Waals surface area contributed by atoms with Crippen LogP contribution in [0.4, 0.5) is 28.0 Å². The molecule has 0 aliphatic carbocycles. The average Bonchev–Trinajstić information content (AvgIpc) is 2.69. The summed E-state index contributed by atoms with van der Waals surface area (Å²) in [6, 6.07) is 7.14. The SMILES string of the molecule is Cn1ccc(NC(=O)N[C@@H](c2ccc(C(F)(F)F)cc2)c2ncccc2F)cc1=O. The molecule has 10 heteroatoms. The molecular formula is C20H16F4N4O2. The van der Waals surface area contributed by atoms with E-state index in [2.05, 4.69) is 15.6 Å². The van der Waals surface area contributed by atoms with Crippen LogP contribution in [0.15, 0.2) is 65.7 Å². The summed E-state index contributed by atoms with van der Waals surface area (Å²) in [5.41, 5.74) is -1.02. The first kappa shape index (κ1) is 21.0. The molecule has 0 saturated carbocycles. The van der Waals surface area contributed by atoms with E-state index in [1.165, 1.54) is 42.2 Å². The number of urea groups is 1. The van der Waals surface area contributed by atoms with Crippen LogP contribution >= 0.6 is 0 Å². The summed E-state index contributed by atoms with van der Waals surface area (Å²) in [4.78, 5) is 28.0. The van der Waals surface area contributed by atoms with Crippen molar-refractivity contribution in [1.29, 1.82) is 0 Å². The topological polar surface area (TPSA) is 76.0 Å². The van der Waals surface area contributed by atoms with Gasteiger partial charge in [0.25, 0.3) is 5.56 Å². The maximum Gasteiger partial charge on any atom is 0.416 e. The molecule has 2 heterocycles. The zero-order valence-corrected chi connectivity index (χ0v) is 15.6. The maximum atomic E-state index is 14.3. The van der Waals surface area contributed by atoms with E-state index in [-0.39, 0.29) is 22.5 Å². The number of carbonyl (C=O) groups is 1. The second kappa shape index (κ2) is 8.36. The Kier molecular flexibility index (Phi) is 5.86. The molecule has 30 heavy (non-hydrogen) atoms. The predicted molar refractivity (Wildman–Crippen MR) is 101 cm³/mol. The van der Waals surface area contributed by atoms with Gasteiger partial charge in [-0.2, -0.15) is 13.2 Å². The zero-order valence-electron chi connectivity index (χ0n) is 15.6. The number of alkyl halides is 3. The Morgan fingerprint density at radius 2 is 1.83 bits per heavy atom. The normalized spacial score (nSPS) is 12.3. The smallest absolute Gasteiger partial charge is 0.325 e. The number of aromatic nitrogens is 2. The van der Waals surface area contributed by atoms with E-state index < -0.39 is 29.6 Å². The number of benzene rings is 1. The maximum absolute atomic E-state index is 14.3. The van der Waals surface area contributed by atoms with Crippen LogP contribution in [0.1, 0.15) is 22.9 Å². The first-order valence-corrected chi connectivity index (χ1v) is 8.67. The van der Waals surface area contributed by atoms with Crippen LogP contribution in [0.25, 0.3) is 0 Å². The lowest BCUT2D eigenvalue weighted by molar-refractivity contribution is -0.137. The molecule has 0 spiro atoms. The molecule has 0 saturated heterocycles. The number of amides is 2. The van der Waals surface area contributed by atoms with Crippen LogP contribution in [0.5, 0.6) is 0 Å². The van der Waals surface area contributed by atoms with Gasteiger partial charge in [0.2, 0.25) is 0 Å². The van der Waals surface area contributed by atoms with Gasteiger partial charge >= 0.3 is 12.2 Å². The zero-order chi connectivity index (χ0) is 21.9. The number of rotatable bonds is 4. The van der Waals surface area contributed by atoms with Gasteiger partial charge in [0.1, 0.15) is 17.6 Å². The van der Waals surface area contributed by atoms with Gasteiger partial charge in [-0.3, -0.25) is 9.78 Å². The number of pyridine rings is 2. The third kappa shape index (κ3) is 4.83. The van der Waals surface area contributed by atoms with Crippen molar-refractivity contribution in [3.05, 3.63) is 93.9 Å². The Hall–Kier alpha value is -3.69. The molecule has 2 N–H and O–H groups in total. The molecule has 0 aliphatic heterocycles. The Balaban J connectivity index is 1.90. The van der Waals surface area contributed by atoms with Crippen molar-refractivity contribution in [2.24, 2.45) is 7.05 Å². The number of aryl methyl sites for hydroxylation is 1. The quantitative estimate of drug-likeness (QED) is 0.630. The molecule has 156 valence electrons. The summed E-state index contributed by atoms with van der Waals surface area (Å²) in [7, 11) is 1.54. The number of hydrogen-bond acceptors (Lipinski definition) is 3. The lowest BCUT2D eigenvalue weighted by Gasteiger charge is -2.20. The van der Waals surface area contributed by atoms with Crippen LogP contribution in [0.3, 0.4) is 0 Å². The van der Waals surface area contributed by atoms with Crippen LogP contribution in [-0.4, -0.2) is 15.6 Å². The van der Waals surface area contributed by atoms with E-state index in [1.54, 1.807) is 0 Å². The van der Waals surface area contributed by atoms with Gasteiger partial charge in [-0.1, -0.05) is 12.1 Å². The minimum atomic E-state index is -4.53. The van der Waals surface area contributed by atoms with Crippen LogP contribution in [0.2, 0.25) is 0 Å². The number of nitrogens with zero attached hydrogens (tertiary/aromatic N) is 2. The molecule has 1 aromatic carbocycles. The summed E-state index contributed by atoms with van der Waals surface area (Å²) in [6.07, 6.45) is -1.78. The van der Waals surface area contributed by atoms with Crippen LogP contribution in [0, 0.1) is 5.82 Å². The molecule has 3 rings (SSSR count). The van der Waals surface area contributed by atoms with Gasteiger partial charge in [0, 0.05) is 31.2 Å². The van der Waals surface area contributed by atoms with Crippen molar-refractivity contribution < 1.29 is 22.4 Å². The van der Waals surface area contributed by atoms with Gasteiger partial charge in [0.15, 0.2) is 0 Å². The molecular weight excluding hydrogens is 404 g/mol. The Morgan fingerprint density at radius 3 is 2.43 bits per heavy atom. The largest absolute Gasteiger partial charge is 0.416 e. The Morgan fingerprint density at radius 1 is 1.13 bits per heavy atom. The summed E-state index contributed by atoms with van der Waals surface area (Å²) in [5.74, 6) is -0.740. The fourth-order valence-corrected chi connectivity index (χ4v) is 2.71. The summed E-state index contributed by atoms with van der Waals surface area (Å²) < 4.78 is 54.1. The highest BCUT2D eigenvalue weighted by atomic mass is 19.4. The number of halogens is 4. The summed E-state index contributed by atoms with van der Waals surface area (Å²) >= 11 is 0. The predicted octanol–water partition coefficient (Wildman–Crippen LogP) is 3.85. The molecule has 2 aromatic heterocycles. The van der Waals surface area contributed by atoms with E-state index in [0.29, 0.717) is 0 Å². The van der Waals surface area contributed by atoms with Gasteiger partial charge < -0.3 is 15.2 Å². The van der Waals surface area contributed by atoms with Crippen LogP contribution in [-0.2, 0) is 13.2 Å². The lowest BCUT2D eigenvalue weighted by Crippen LogP contribution is -2.34. The lowest BCUT2D eigenvalue weighted by atomic mass is 10.0. The highest BCUT2D eigenvalue weighted by Gasteiger charge is 2.31. The third-order valence-electron chi connectivity index (χ3n) is 4.27. The molecule has 0 aliphatic rings.